The van der Waals surface area contributed by atoms with Crippen molar-refractivity contribution in [2.45, 2.75) is 6.92 Å². The van der Waals surface area contributed by atoms with Gasteiger partial charge in [-0.15, -0.1) is 0 Å². The first-order valence-electron chi connectivity index (χ1n) is 4.49. The largest absolute Gasteiger partial charge is 0.382 e. The zero-order chi connectivity index (χ0) is 12.1. The van der Waals surface area contributed by atoms with Crippen molar-refractivity contribution in [3.63, 3.8) is 0 Å². The molecule has 0 aliphatic heterocycles. The van der Waals surface area contributed by atoms with Crippen molar-refractivity contribution in [1.29, 1.82) is 0 Å². The number of amidine groups is 1. The highest BCUT2D eigenvalue weighted by Crippen LogP contribution is 2.21. The summed E-state index contributed by atoms with van der Waals surface area (Å²) in [5.41, 5.74) is 6.89. The molecule has 84 valence electrons. The van der Waals surface area contributed by atoms with Gasteiger partial charge in [-0.05, 0) is 24.6 Å². The quantitative estimate of drug-likeness (QED) is 0.391. The monoisotopic (exact) mass is 255 g/mol. The van der Waals surface area contributed by atoms with Gasteiger partial charge in [0.1, 0.15) is 10.9 Å². The zero-order valence-corrected chi connectivity index (χ0v) is 10.3. The Balaban J connectivity index is 3.03. The minimum absolute atomic E-state index is 0.109. The predicted molar refractivity (Wildman–Crippen MR) is 68.5 cm³/mol. The minimum atomic E-state index is 0.109. The molecule has 0 amide bonds. The van der Waals surface area contributed by atoms with E-state index in [4.69, 9.17) is 28.9 Å². The average molecular weight is 256 g/mol. The van der Waals surface area contributed by atoms with Crippen LogP contribution >= 0.6 is 23.2 Å². The van der Waals surface area contributed by atoms with Crippen molar-refractivity contribution in [2.24, 2.45) is 10.7 Å². The molecular weight excluding hydrogens is 245 g/mol. The Labute approximate surface area is 104 Å². The second kappa shape index (κ2) is 5.68. The van der Waals surface area contributed by atoms with E-state index in [2.05, 4.69) is 16.6 Å². The van der Waals surface area contributed by atoms with E-state index in [0.29, 0.717) is 16.3 Å². The van der Waals surface area contributed by atoms with E-state index in [1.807, 2.05) is 6.07 Å². The lowest BCUT2D eigenvalue weighted by atomic mass is 10.3. The number of hydrogen-bond donors (Lipinski definition) is 1. The van der Waals surface area contributed by atoms with Gasteiger partial charge in [0.05, 0.1) is 5.03 Å². The van der Waals surface area contributed by atoms with Crippen LogP contribution in [0.4, 0.5) is 0 Å². The van der Waals surface area contributed by atoms with Crippen molar-refractivity contribution >= 4 is 29.0 Å². The van der Waals surface area contributed by atoms with Crippen LogP contribution in [0.25, 0.3) is 0 Å². The van der Waals surface area contributed by atoms with E-state index in [1.54, 1.807) is 25.3 Å². The number of pyridine rings is 1. The average Bonchev–Trinajstić information content (AvgIpc) is 2.28. The molecule has 1 rings (SSSR count). The Morgan fingerprint density at radius 1 is 1.44 bits per heavy atom. The Hall–Kier alpha value is -1.32. The molecule has 0 bridgehead atoms. The summed E-state index contributed by atoms with van der Waals surface area (Å²) in [5.74, 6) is 0.213. The van der Waals surface area contributed by atoms with Crippen LogP contribution in [0.1, 0.15) is 12.6 Å². The van der Waals surface area contributed by atoms with Gasteiger partial charge in [0.2, 0.25) is 0 Å². The van der Waals surface area contributed by atoms with E-state index in [9.17, 15) is 0 Å². The summed E-state index contributed by atoms with van der Waals surface area (Å²) in [6.45, 7) is 5.39. The first kappa shape index (κ1) is 12.7. The molecule has 0 unspecified atom stereocenters. The van der Waals surface area contributed by atoms with Gasteiger partial charge in [-0.1, -0.05) is 35.8 Å². The molecule has 0 aliphatic carbocycles. The number of nitrogens with two attached hydrogens (primary N) is 1. The van der Waals surface area contributed by atoms with Crippen LogP contribution in [0.5, 0.6) is 0 Å². The molecule has 3 nitrogen and oxygen atoms in total. The maximum atomic E-state index is 5.86. The summed E-state index contributed by atoms with van der Waals surface area (Å²) in [4.78, 5) is 7.99. The van der Waals surface area contributed by atoms with Gasteiger partial charge in [-0.25, -0.2) is 4.99 Å². The highest BCUT2D eigenvalue weighted by Gasteiger charge is 2.04. The van der Waals surface area contributed by atoms with Gasteiger partial charge in [0, 0.05) is 6.20 Å². The molecule has 0 radical (unpaired) electrons. The molecule has 0 atom stereocenters. The van der Waals surface area contributed by atoms with Gasteiger partial charge >= 0.3 is 0 Å². The fourth-order valence-electron chi connectivity index (χ4n) is 0.902. The second-order valence-electron chi connectivity index (χ2n) is 3.10. The van der Waals surface area contributed by atoms with E-state index < -0.39 is 0 Å². The van der Waals surface area contributed by atoms with Crippen LogP contribution in [0.3, 0.4) is 0 Å². The summed E-state index contributed by atoms with van der Waals surface area (Å²) in [6.07, 6.45) is 1.62. The number of allylic oxidation sites excluding steroid dienone is 2. The fourth-order valence-corrected chi connectivity index (χ4v) is 1.20. The molecule has 0 saturated carbocycles. The summed E-state index contributed by atoms with van der Waals surface area (Å²) >= 11 is 11.7. The van der Waals surface area contributed by atoms with Gasteiger partial charge < -0.3 is 5.73 Å². The highest BCUT2D eigenvalue weighted by molar-refractivity contribution is 6.40. The normalized spacial score (nSPS) is 13.3. The number of nitrogens with zero attached hydrogens (tertiary/aromatic N) is 2. The zero-order valence-electron chi connectivity index (χ0n) is 8.74. The van der Waals surface area contributed by atoms with Gasteiger partial charge in [-0.2, -0.15) is 0 Å². The molecule has 0 saturated heterocycles. The summed E-state index contributed by atoms with van der Waals surface area (Å²) in [7, 11) is 0. The summed E-state index contributed by atoms with van der Waals surface area (Å²) in [5, 5.41) is 0.401. The molecular formula is C11H11Cl2N3. The van der Waals surface area contributed by atoms with Crippen LogP contribution in [-0.4, -0.2) is 10.8 Å². The second-order valence-corrected chi connectivity index (χ2v) is 3.83. The van der Waals surface area contributed by atoms with E-state index >= 15 is 0 Å². The standard InChI is InChI=1S/C11H11Cl2N3/c1-7(2)9(12)10(13)16-11(14)8-5-3-4-6-15-8/h3-6H,1H2,2H3,(H2,14,16)/b10-9+. The van der Waals surface area contributed by atoms with E-state index in [-0.39, 0.29) is 11.0 Å². The van der Waals surface area contributed by atoms with Crippen LogP contribution < -0.4 is 5.73 Å². The molecule has 0 aromatic carbocycles. The van der Waals surface area contributed by atoms with Gasteiger partial charge in [0.15, 0.2) is 5.84 Å². The lowest BCUT2D eigenvalue weighted by Gasteiger charge is -2.01. The topological polar surface area (TPSA) is 51.3 Å². The van der Waals surface area contributed by atoms with Crippen LogP contribution in [0.2, 0.25) is 0 Å². The third-order valence-electron chi connectivity index (χ3n) is 1.70. The maximum absolute atomic E-state index is 5.86. The highest BCUT2D eigenvalue weighted by atomic mass is 35.5. The van der Waals surface area contributed by atoms with Crippen molar-refractivity contribution in [3.8, 4) is 0 Å². The minimum Gasteiger partial charge on any atom is -0.382 e. The first-order chi connectivity index (χ1) is 7.52. The molecule has 2 N–H and O–H groups in total. The Morgan fingerprint density at radius 2 is 2.12 bits per heavy atom. The third kappa shape index (κ3) is 3.36. The fraction of sp³-hybridized carbons (Fsp3) is 0.0909. The van der Waals surface area contributed by atoms with Crippen LogP contribution in [0.15, 0.2) is 51.7 Å². The lowest BCUT2D eigenvalue weighted by Crippen LogP contribution is -2.14. The molecule has 0 aliphatic rings. The molecule has 1 aromatic heterocycles. The summed E-state index contributed by atoms with van der Waals surface area (Å²) in [6, 6.07) is 5.33. The SMILES string of the molecule is C=C(C)/C(Cl)=C(/Cl)N=C(N)c1ccccn1. The Kier molecular flexibility index (Phi) is 4.52. The van der Waals surface area contributed by atoms with Gasteiger partial charge in [0.25, 0.3) is 0 Å². The molecule has 16 heavy (non-hydrogen) atoms. The van der Waals surface area contributed by atoms with E-state index in [1.165, 1.54) is 0 Å². The number of hydrogen-bond acceptors (Lipinski definition) is 2. The van der Waals surface area contributed by atoms with Crippen LogP contribution in [0, 0.1) is 0 Å². The Morgan fingerprint density at radius 3 is 2.62 bits per heavy atom. The maximum Gasteiger partial charge on any atom is 0.151 e. The molecule has 0 fully saturated rings. The van der Waals surface area contributed by atoms with E-state index in [0.717, 1.165) is 0 Å². The molecule has 1 heterocycles. The van der Waals surface area contributed by atoms with Gasteiger partial charge in [-0.3, -0.25) is 4.98 Å². The third-order valence-corrected chi connectivity index (χ3v) is 2.57. The first-order valence-corrected chi connectivity index (χ1v) is 5.24. The smallest absolute Gasteiger partial charge is 0.151 e. The van der Waals surface area contributed by atoms with Crippen molar-refractivity contribution < 1.29 is 0 Å². The number of halogens is 2. The van der Waals surface area contributed by atoms with Crippen molar-refractivity contribution in [1.82, 2.24) is 4.98 Å². The molecule has 0 spiro atoms. The molecule has 1 aromatic rings. The van der Waals surface area contributed by atoms with Crippen molar-refractivity contribution in [3.05, 3.63) is 52.4 Å². The van der Waals surface area contributed by atoms with Crippen molar-refractivity contribution in [2.75, 3.05) is 0 Å². The number of aliphatic imine (C=N–C) groups is 1. The lowest BCUT2D eigenvalue weighted by molar-refractivity contribution is 1.26. The number of aromatic nitrogens is 1. The number of rotatable bonds is 3. The predicted octanol–water partition coefficient (Wildman–Crippen LogP) is 3.01. The van der Waals surface area contributed by atoms with Crippen LogP contribution in [-0.2, 0) is 0 Å². The molecule has 5 heteroatoms. The Bertz CT molecular complexity index is 450. The summed E-state index contributed by atoms with van der Waals surface area (Å²) < 4.78 is 0.